The molecular weight excluding hydrogens is 212 g/mol. The summed E-state index contributed by atoms with van der Waals surface area (Å²) in [4.78, 5) is 11.1. The second kappa shape index (κ2) is 6.07. The lowest BCUT2D eigenvalue weighted by Gasteiger charge is -2.19. The van der Waals surface area contributed by atoms with Crippen molar-refractivity contribution in [2.45, 2.75) is 13.8 Å². The fraction of sp³-hybridized carbons (Fsp3) is 0.357. The van der Waals surface area contributed by atoms with Crippen LogP contribution in [0.3, 0.4) is 0 Å². The van der Waals surface area contributed by atoms with Crippen molar-refractivity contribution in [3.63, 3.8) is 0 Å². The van der Waals surface area contributed by atoms with Crippen LogP contribution in [0.5, 0.6) is 0 Å². The van der Waals surface area contributed by atoms with Crippen molar-refractivity contribution < 1.29 is 4.79 Å². The molecule has 90 valence electrons. The summed E-state index contributed by atoms with van der Waals surface area (Å²) in [6, 6.07) is 9.78. The van der Waals surface area contributed by atoms with Gasteiger partial charge in [0.05, 0.1) is 12.0 Å². The molecule has 0 aliphatic carbocycles. The molecule has 17 heavy (non-hydrogen) atoms. The third-order valence-electron chi connectivity index (χ3n) is 2.45. The Hall–Kier alpha value is -1.79. The monoisotopic (exact) mass is 230 g/mol. The molecule has 0 saturated carbocycles. The Labute approximate surface area is 102 Å². The molecule has 0 aliphatic heterocycles. The number of hydrogen-bond acceptors (Lipinski definition) is 2. The first kappa shape index (κ1) is 13.3. The van der Waals surface area contributed by atoms with Gasteiger partial charge in [0.2, 0.25) is 5.91 Å². The van der Waals surface area contributed by atoms with Gasteiger partial charge in [-0.1, -0.05) is 30.0 Å². The number of nitrogens with one attached hydrogen (secondary N) is 1. The van der Waals surface area contributed by atoms with Gasteiger partial charge in [0, 0.05) is 12.1 Å². The quantitative estimate of drug-likeness (QED) is 0.602. The molecule has 0 saturated heterocycles. The summed E-state index contributed by atoms with van der Waals surface area (Å²) in [6.07, 6.45) is 0. The van der Waals surface area contributed by atoms with Crippen LogP contribution in [0.15, 0.2) is 30.3 Å². The highest BCUT2D eigenvalue weighted by molar-refractivity contribution is 5.80. The Balaban J connectivity index is 2.35. The fourth-order valence-corrected chi connectivity index (χ4v) is 1.19. The lowest BCUT2D eigenvalue weighted by molar-refractivity contribution is -0.125. The average molecular weight is 230 g/mol. The van der Waals surface area contributed by atoms with Crippen LogP contribution in [0.25, 0.3) is 0 Å². The summed E-state index contributed by atoms with van der Waals surface area (Å²) < 4.78 is 0. The van der Waals surface area contributed by atoms with E-state index in [1.54, 1.807) is 0 Å². The average Bonchev–Trinajstić information content (AvgIpc) is 2.29. The standard InChI is InChI=1S/C14H18N2O/c1-14(2,13(15)17)11-16-10-6-9-12-7-4-3-5-8-12/h3-5,7-8,16H,10-11H2,1-2H3,(H2,15,17). The molecule has 1 aromatic carbocycles. The second-order valence-corrected chi connectivity index (χ2v) is 4.52. The number of benzene rings is 1. The number of carbonyl (C=O) groups is 1. The summed E-state index contributed by atoms with van der Waals surface area (Å²) >= 11 is 0. The molecule has 3 N–H and O–H groups in total. The van der Waals surface area contributed by atoms with Crippen molar-refractivity contribution in [2.75, 3.05) is 13.1 Å². The molecule has 0 unspecified atom stereocenters. The Morgan fingerprint density at radius 3 is 2.59 bits per heavy atom. The van der Waals surface area contributed by atoms with Crippen LogP contribution < -0.4 is 11.1 Å². The predicted molar refractivity (Wildman–Crippen MR) is 69.2 cm³/mol. The number of rotatable bonds is 4. The lowest BCUT2D eigenvalue weighted by atomic mass is 9.93. The van der Waals surface area contributed by atoms with Crippen LogP contribution in [0, 0.1) is 17.3 Å². The molecule has 0 heterocycles. The zero-order chi connectivity index (χ0) is 12.7. The minimum atomic E-state index is -0.533. The van der Waals surface area contributed by atoms with E-state index in [9.17, 15) is 4.79 Å². The van der Waals surface area contributed by atoms with E-state index >= 15 is 0 Å². The van der Waals surface area contributed by atoms with Crippen LogP contribution in [0.2, 0.25) is 0 Å². The highest BCUT2D eigenvalue weighted by Crippen LogP contribution is 2.11. The van der Waals surface area contributed by atoms with Crippen molar-refractivity contribution in [1.29, 1.82) is 0 Å². The Kier molecular flexibility index (Phi) is 4.74. The summed E-state index contributed by atoms with van der Waals surface area (Å²) in [5.74, 6) is 5.73. The van der Waals surface area contributed by atoms with Crippen LogP contribution in [-0.2, 0) is 4.79 Å². The van der Waals surface area contributed by atoms with E-state index in [0.29, 0.717) is 13.1 Å². The van der Waals surface area contributed by atoms with Crippen molar-refractivity contribution in [1.82, 2.24) is 5.32 Å². The largest absolute Gasteiger partial charge is 0.369 e. The minimum absolute atomic E-state index is 0.305. The van der Waals surface area contributed by atoms with Gasteiger partial charge in [-0.2, -0.15) is 0 Å². The first-order valence-electron chi connectivity index (χ1n) is 5.57. The molecule has 3 heteroatoms. The highest BCUT2D eigenvalue weighted by atomic mass is 16.1. The molecule has 0 aliphatic rings. The number of carbonyl (C=O) groups excluding carboxylic acids is 1. The molecule has 0 aromatic heterocycles. The zero-order valence-electron chi connectivity index (χ0n) is 10.3. The van der Waals surface area contributed by atoms with E-state index in [0.717, 1.165) is 5.56 Å². The predicted octanol–water partition coefficient (Wildman–Crippen LogP) is 1.14. The van der Waals surface area contributed by atoms with E-state index in [1.165, 1.54) is 0 Å². The Morgan fingerprint density at radius 2 is 2.00 bits per heavy atom. The van der Waals surface area contributed by atoms with Crippen LogP contribution in [0.4, 0.5) is 0 Å². The van der Waals surface area contributed by atoms with Crippen molar-refractivity contribution >= 4 is 5.91 Å². The SMILES string of the molecule is CC(C)(CNCC#Cc1ccccc1)C(N)=O. The molecule has 3 nitrogen and oxygen atoms in total. The van der Waals surface area contributed by atoms with Gasteiger partial charge in [0.25, 0.3) is 0 Å². The van der Waals surface area contributed by atoms with E-state index in [1.807, 2.05) is 44.2 Å². The Morgan fingerprint density at radius 1 is 1.35 bits per heavy atom. The van der Waals surface area contributed by atoms with E-state index in [-0.39, 0.29) is 5.91 Å². The van der Waals surface area contributed by atoms with Crippen molar-refractivity contribution in [3.05, 3.63) is 35.9 Å². The topological polar surface area (TPSA) is 55.1 Å². The third kappa shape index (κ3) is 4.71. The van der Waals surface area contributed by atoms with Crippen LogP contribution in [0.1, 0.15) is 19.4 Å². The molecule has 0 radical (unpaired) electrons. The first-order valence-corrected chi connectivity index (χ1v) is 5.57. The van der Waals surface area contributed by atoms with Gasteiger partial charge >= 0.3 is 0 Å². The van der Waals surface area contributed by atoms with Gasteiger partial charge in [-0.15, -0.1) is 0 Å². The van der Waals surface area contributed by atoms with Crippen molar-refractivity contribution in [3.8, 4) is 11.8 Å². The first-order chi connectivity index (χ1) is 8.02. The summed E-state index contributed by atoms with van der Waals surface area (Å²) in [5.41, 5.74) is 5.72. The van der Waals surface area contributed by atoms with Gasteiger partial charge in [-0.3, -0.25) is 4.79 Å². The van der Waals surface area contributed by atoms with Crippen molar-refractivity contribution in [2.24, 2.45) is 11.1 Å². The lowest BCUT2D eigenvalue weighted by Crippen LogP contribution is -2.40. The van der Waals surface area contributed by atoms with Crippen LogP contribution >= 0.6 is 0 Å². The molecular formula is C14H18N2O. The minimum Gasteiger partial charge on any atom is -0.369 e. The molecule has 0 atom stereocenters. The number of amides is 1. The highest BCUT2D eigenvalue weighted by Gasteiger charge is 2.23. The van der Waals surface area contributed by atoms with Gasteiger partial charge in [-0.05, 0) is 26.0 Å². The fourth-order valence-electron chi connectivity index (χ4n) is 1.19. The zero-order valence-corrected chi connectivity index (χ0v) is 10.3. The maximum atomic E-state index is 11.1. The maximum Gasteiger partial charge on any atom is 0.224 e. The molecule has 1 rings (SSSR count). The van der Waals surface area contributed by atoms with E-state index in [2.05, 4.69) is 17.2 Å². The molecule has 1 amide bonds. The number of nitrogens with two attached hydrogens (primary N) is 1. The summed E-state index contributed by atoms with van der Waals surface area (Å²) in [5, 5.41) is 3.10. The van der Waals surface area contributed by atoms with E-state index in [4.69, 9.17) is 5.73 Å². The van der Waals surface area contributed by atoms with Gasteiger partial charge < -0.3 is 11.1 Å². The van der Waals surface area contributed by atoms with E-state index < -0.39 is 5.41 Å². The van der Waals surface area contributed by atoms with Gasteiger partial charge in [0.15, 0.2) is 0 Å². The molecule has 0 spiro atoms. The maximum absolute atomic E-state index is 11.1. The molecule has 0 fully saturated rings. The van der Waals surface area contributed by atoms with Gasteiger partial charge in [0.1, 0.15) is 0 Å². The third-order valence-corrected chi connectivity index (χ3v) is 2.45. The summed E-state index contributed by atoms with van der Waals surface area (Å²) in [7, 11) is 0. The normalized spacial score (nSPS) is 10.5. The second-order valence-electron chi connectivity index (χ2n) is 4.52. The van der Waals surface area contributed by atoms with Gasteiger partial charge in [-0.25, -0.2) is 0 Å². The van der Waals surface area contributed by atoms with Crippen LogP contribution in [-0.4, -0.2) is 19.0 Å². The summed E-state index contributed by atoms with van der Waals surface area (Å²) in [6.45, 7) is 4.71. The molecule has 0 bridgehead atoms. The number of primary amides is 1. The number of hydrogen-bond donors (Lipinski definition) is 2. The smallest absolute Gasteiger partial charge is 0.224 e. The molecule has 1 aromatic rings. The Bertz CT molecular complexity index is 427.